The minimum absolute atomic E-state index is 0.319. The first-order valence-electron chi connectivity index (χ1n) is 9.15. The number of imide groups is 1. The van der Waals surface area contributed by atoms with Gasteiger partial charge in [0.2, 0.25) is 5.91 Å². The normalized spacial score (nSPS) is 13.8. The first kappa shape index (κ1) is 18.4. The Hall–Kier alpha value is -3.93. The molecule has 1 aliphatic rings. The highest BCUT2D eigenvalue weighted by Gasteiger charge is 2.40. The van der Waals surface area contributed by atoms with Crippen LogP contribution in [0.3, 0.4) is 0 Å². The summed E-state index contributed by atoms with van der Waals surface area (Å²) < 4.78 is 5.72. The van der Waals surface area contributed by atoms with Crippen LogP contribution in [0, 0.1) is 0 Å². The van der Waals surface area contributed by atoms with Crippen molar-refractivity contribution in [2.24, 2.45) is 0 Å². The van der Waals surface area contributed by atoms with Crippen LogP contribution in [0.1, 0.15) is 27.6 Å². The van der Waals surface area contributed by atoms with Gasteiger partial charge in [0.1, 0.15) is 17.5 Å². The maximum absolute atomic E-state index is 12.6. The molecule has 0 saturated heterocycles. The molecule has 1 N–H and O–H groups in total. The topological polar surface area (TPSA) is 75.7 Å². The monoisotopic (exact) mass is 386 g/mol. The molecular formula is C23H18N2O4. The van der Waals surface area contributed by atoms with Crippen molar-refractivity contribution in [2.45, 2.75) is 13.0 Å². The van der Waals surface area contributed by atoms with Crippen LogP contribution in [-0.4, -0.2) is 28.7 Å². The predicted octanol–water partition coefficient (Wildman–Crippen LogP) is 4.10. The zero-order valence-electron chi connectivity index (χ0n) is 15.7. The number of fused-ring (bicyclic) bond motifs is 1. The molecule has 0 fully saturated rings. The summed E-state index contributed by atoms with van der Waals surface area (Å²) in [6.45, 7) is 1.53. The molecule has 1 aliphatic heterocycles. The molecule has 1 unspecified atom stereocenters. The third-order valence-corrected chi connectivity index (χ3v) is 4.69. The first-order valence-corrected chi connectivity index (χ1v) is 9.15. The third-order valence-electron chi connectivity index (χ3n) is 4.69. The zero-order chi connectivity index (χ0) is 20.4. The van der Waals surface area contributed by atoms with Crippen molar-refractivity contribution in [3.63, 3.8) is 0 Å². The Kier molecular flexibility index (Phi) is 4.83. The number of benzene rings is 3. The van der Waals surface area contributed by atoms with Crippen LogP contribution in [-0.2, 0) is 4.79 Å². The Labute approximate surface area is 167 Å². The van der Waals surface area contributed by atoms with E-state index in [-0.39, 0.29) is 0 Å². The summed E-state index contributed by atoms with van der Waals surface area (Å²) in [5.74, 6) is -0.0259. The predicted molar refractivity (Wildman–Crippen MR) is 108 cm³/mol. The largest absolute Gasteiger partial charge is 0.457 e. The zero-order valence-corrected chi connectivity index (χ0v) is 15.7. The second-order valence-corrected chi connectivity index (χ2v) is 6.63. The highest BCUT2D eigenvalue weighted by Crippen LogP contribution is 2.26. The van der Waals surface area contributed by atoms with Gasteiger partial charge in [-0.15, -0.1) is 0 Å². The molecule has 6 heteroatoms. The van der Waals surface area contributed by atoms with Gasteiger partial charge in [0.05, 0.1) is 11.1 Å². The van der Waals surface area contributed by atoms with Crippen molar-refractivity contribution in [2.75, 3.05) is 5.32 Å². The SMILES string of the molecule is CC(C(=O)Nc1ccc(Oc2ccccc2)cc1)N1C(=O)c2ccccc2C1=O. The molecule has 29 heavy (non-hydrogen) atoms. The molecule has 0 aromatic heterocycles. The molecule has 3 amide bonds. The van der Waals surface area contributed by atoms with Gasteiger partial charge in [-0.1, -0.05) is 30.3 Å². The molecule has 0 aliphatic carbocycles. The number of nitrogens with zero attached hydrogens (tertiary/aromatic N) is 1. The molecule has 1 heterocycles. The van der Waals surface area contributed by atoms with Crippen LogP contribution in [0.4, 0.5) is 5.69 Å². The summed E-state index contributed by atoms with van der Waals surface area (Å²) in [5, 5.41) is 2.74. The first-order chi connectivity index (χ1) is 14.0. The van der Waals surface area contributed by atoms with Gasteiger partial charge in [-0.2, -0.15) is 0 Å². The van der Waals surface area contributed by atoms with E-state index in [1.807, 2.05) is 30.3 Å². The average molecular weight is 386 g/mol. The van der Waals surface area contributed by atoms with Crippen LogP contribution in [0.5, 0.6) is 11.5 Å². The third kappa shape index (κ3) is 3.60. The van der Waals surface area contributed by atoms with Crippen LogP contribution in [0.2, 0.25) is 0 Å². The summed E-state index contributed by atoms with van der Waals surface area (Å²) in [4.78, 5) is 38.7. The lowest BCUT2D eigenvalue weighted by atomic mass is 10.1. The molecule has 3 aromatic rings. The lowest BCUT2D eigenvalue weighted by molar-refractivity contribution is -0.119. The molecule has 3 aromatic carbocycles. The number of para-hydroxylation sites is 1. The Morgan fingerprint density at radius 2 is 1.31 bits per heavy atom. The lowest BCUT2D eigenvalue weighted by Crippen LogP contribution is -2.45. The average Bonchev–Trinajstić information content (AvgIpc) is 3.00. The van der Waals surface area contributed by atoms with Crippen molar-refractivity contribution in [1.29, 1.82) is 0 Å². The van der Waals surface area contributed by atoms with E-state index < -0.39 is 23.8 Å². The molecular weight excluding hydrogens is 368 g/mol. The number of hydrogen-bond donors (Lipinski definition) is 1. The van der Waals surface area contributed by atoms with Crippen molar-refractivity contribution in [3.8, 4) is 11.5 Å². The second kappa shape index (κ2) is 7.59. The van der Waals surface area contributed by atoms with Crippen LogP contribution >= 0.6 is 0 Å². The van der Waals surface area contributed by atoms with E-state index >= 15 is 0 Å². The van der Waals surface area contributed by atoms with E-state index in [0.717, 1.165) is 4.90 Å². The van der Waals surface area contributed by atoms with Gasteiger partial charge in [-0.05, 0) is 55.5 Å². The van der Waals surface area contributed by atoms with Gasteiger partial charge in [-0.3, -0.25) is 19.3 Å². The van der Waals surface area contributed by atoms with E-state index in [9.17, 15) is 14.4 Å². The van der Waals surface area contributed by atoms with Gasteiger partial charge < -0.3 is 10.1 Å². The van der Waals surface area contributed by atoms with E-state index in [1.54, 1.807) is 48.5 Å². The van der Waals surface area contributed by atoms with E-state index in [2.05, 4.69) is 5.32 Å². The van der Waals surface area contributed by atoms with Gasteiger partial charge in [0, 0.05) is 5.69 Å². The van der Waals surface area contributed by atoms with Crippen molar-refractivity contribution in [1.82, 2.24) is 4.90 Å². The summed E-state index contributed by atoms with van der Waals surface area (Å²) >= 11 is 0. The molecule has 1 atom stereocenters. The minimum atomic E-state index is -0.942. The summed E-state index contributed by atoms with van der Waals surface area (Å²) in [6.07, 6.45) is 0. The second-order valence-electron chi connectivity index (χ2n) is 6.63. The molecule has 0 bridgehead atoms. The molecule has 0 radical (unpaired) electrons. The van der Waals surface area contributed by atoms with E-state index in [1.165, 1.54) is 6.92 Å². The number of nitrogens with one attached hydrogen (secondary N) is 1. The number of rotatable bonds is 5. The van der Waals surface area contributed by atoms with Crippen molar-refractivity contribution in [3.05, 3.63) is 90.0 Å². The maximum Gasteiger partial charge on any atom is 0.262 e. The smallest absolute Gasteiger partial charge is 0.262 e. The van der Waals surface area contributed by atoms with Crippen LogP contribution < -0.4 is 10.1 Å². The number of ether oxygens (including phenoxy) is 1. The minimum Gasteiger partial charge on any atom is -0.457 e. The van der Waals surface area contributed by atoms with Gasteiger partial charge in [-0.25, -0.2) is 0 Å². The van der Waals surface area contributed by atoms with E-state index in [0.29, 0.717) is 28.3 Å². The number of amides is 3. The van der Waals surface area contributed by atoms with Crippen molar-refractivity contribution >= 4 is 23.4 Å². The van der Waals surface area contributed by atoms with E-state index in [4.69, 9.17) is 4.74 Å². The number of anilines is 1. The highest BCUT2D eigenvalue weighted by atomic mass is 16.5. The molecule has 4 rings (SSSR count). The summed E-state index contributed by atoms with van der Waals surface area (Å²) in [7, 11) is 0. The molecule has 6 nitrogen and oxygen atoms in total. The van der Waals surface area contributed by atoms with Gasteiger partial charge in [0.25, 0.3) is 11.8 Å². The van der Waals surface area contributed by atoms with Crippen LogP contribution in [0.15, 0.2) is 78.9 Å². The Balaban J connectivity index is 1.43. The molecule has 144 valence electrons. The number of hydrogen-bond acceptors (Lipinski definition) is 4. The lowest BCUT2D eigenvalue weighted by Gasteiger charge is -2.21. The van der Waals surface area contributed by atoms with Crippen LogP contribution in [0.25, 0.3) is 0 Å². The molecule has 0 saturated carbocycles. The quantitative estimate of drug-likeness (QED) is 0.670. The fourth-order valence-electron chi connectivity index (χ4n) is 3.15. The number of carbonyl (C=O) groups excluding carboxylic acids is 3. The Morgan fingerprint density at radius 1 is 0.793 bits per heavy atom. The fraction of sp³-hybridized carbons (Fsp3) is 0.0870. The van der Waals surface area contributed by atoms with Gasteiger partial charge in [0.15, 0.2) is 0 Å². The molecule has 0 spiro atoms. The fourth-order valence-corrected chi connectivity index (χ4v) is 3.15. The standard InChI is InChI=1S/C23H18N2O4/c1-15(25-22(27)19-9-5-6-10-20(19)23(25)28)21(26)24-16-11-13-18(14-12-16)29-17-7-3-2-4-8-17/h2-15H,1H3,(H,24,26). The Bertz CT molecular complexity index is 1040. The number of carbonyl (C=O) groups is 3. The highest BCUT2D eigenvalue weighted by molar-refractivity contribution is 6.23. The summed E-state index contributed by atoms with van der Waals surface area (Å²) in [6, 6.07) is 21.8. The summed E-state index contributed by atoms with van der Waals surface area (Å²) in [5.41, 5.74) is 1.18. The maximum atomic E-state index is 12.6. The van der Waals surface area contributed by atoms with Gasteiger partial charge >= 0.3 is 0 Å². The van der Waals surface area contributed by atoms with Crippen molar-refractivity contribution < 1.29 is 19.1 Å². The Morgan fingerprint density at radius 3 is 1.90 bits per heavy atom.